The Morgan fingerprint density at radius 3 is 2.72 bits per heavy atom. The average Bonchev–Trinajstić information content (AvgIpc) is 3.10. The fraction of sp³-hybridized carbons (Fsp3) is 0.579. The summed E-state index contributed by atoms with van der Waals surface area (Å²) in [5.74, 6) is -0.426. The van der Waals surface area contributed by atoms with Crippen molar-refractivity contribution >= 4 is 16.9 Å². The lowest BCUT2D eigenvalue weighted by atomic mass is 9.85. The van der Waals surface area contributed by atoms with Gasteiger partial charge in [-0.3, -0.25) is 4.79 Å². The average molecular weight is 345 g/mol. The second kappa shape index (κ2) is 5.53. The SMILES string of the molecule is Cc1cc(F)cc2c(C(C)(C)C(=O)NC3(CN4CCC4)CC3)noc12. The van der Waals surface area contributed by atoms with Gasteiger partial charge in [-0.2, -0.15) is 0 Å². The van der Waals surface area contributed by atoms with Gasteiger partial charge in [0.25, 0.3) is 0 Å². The molecule has 0 atom stereocenters. The van der Waals surface area contributed by atoms with Gasteiger partial charge < -0.3 is 14.7 Å². The molecule has 1 saturated carbocycles. The Bertz CT molecular complexity index is 835. The minimum absolute atomic E-state index is 0.0809. The van der Waals surface area contributed by atoms with Gasteiger partial charge in [0.05, 0.1) is 11.0 Å². The Morgan fingerprint density at radius 2 is 2.12 bits per heavy atom. The maximum atomic E-state index is 13.8. The van der Waals surface area contributed by atoms with Crippen LogP contribution in [-0.4, -0.2) is 41.1 Å². The maximum absolute atomic E-state index is 13.8. The molecule has 4 rings (SSSR count). The Balaban J connectivity index is 1.59. The quantitative estimate of drug-likeness (QED) is 0.905. The van der Waals surface area contributed by atoms with Crippen LogP contribution in [0.4, 0.5) is 4.39 Å². The van der Waals surface area contributed by atoms with Crippen molar-refractivity contribution in [2.45, 2.75) is 51.0 Å². The Labute approximate surface area is 146 Å². The predicted molar refractivity (Wildman–Crippen MR) is 92.9 cm³/mol. The van der Waals surface area contributed by atoms with E-state index in [0.717, 1.165) is 32.5 Å². The van der Waals surface area contributed by atoms with E-state index in [9.17, 15) is 9.18 Å². The molecule has 2 aromatic rings. The molecule has 1 saturated heterocycles. The van der Waals surface area contributed by atoms with Crippen LogP contribution in [0.15, 0.2) is 16.7 Å². The number of rotatable bonds is 5. The van der Waals surface area contributed by atoms with E-state index in [-0.39, 0.29) is 17.3 Å². The molecule has 1 aromatic heterocycles. The molecule has 1 N–H and O–H groups in total. The number of amides is 1. The molecule has 0 radical (unpaired) electrons. The van der Waals surface area contributed by atoms with Gasteiger partial charge in [-0.15, -0.1) is 0 Å². The molecule has 25 heavy (non-hydrogen) atoms. The number of hydrogen-bond donors (Lipinski definition) is 1. The summed E-state index contributed by atoms with van der Waals surface area (Å²) in [6.07, 6.45) is 3.27. The molecule has 1 aliphatic heterocycles. The molecular formula is C19H24FN3O2. The van der Waals surface area contributed by atoms with E-state index in [0.29, 0.717) is 22.2 Å². The molecule has 1 aromatic carbocycles. The van der Waals surface area contributed by atoms with E-state index in [2.05, 4.69) is 15.4 Å². The number of fused-ring (bicyclic) bond motifs is 1. The summed E-state index contributed by atoms with van der Waals surface area (Å²) in [6.45, 7) is 8.57. The lowest BCUT2D eigenvalue weighted by molar-refractivity contribution is -0.127. The predicted octanol–water partition coefficient (Wildman–Crippen LogP) is 2.91. The Morgan fingerprint density at radius 1 is 1.40 bits per heavy atom. The van der Waals surface area contributed by atoms with Crippen LogP contribution < -0.4 is 5.32 Å². The summed E-state index contributed by atoms with van der Waals surface area (Å²) < 4.78 is 19.2. The van der Waals surface area contributed by atoms with Crippen molar-refractivity contribution in [2.24, 2.45) is 0 Å². The molecule has 1 aliphatic carbocycles. The number of carbonyl (C=O) groups is 1. The molecule has 2 aliphatic rings. The van der Waals surface area contributed by atoms with Crippen LogP contribution in [0.5, 0.6) is 0 Å². The van der Waals surface area contributed by atoms with Crippen LogP contribution in [0.2, 0.25) is 0 Å². The highest BCUT2D eigenvalue weighted by Crippen LogP contribution is 2.39. The van der Waals surface area contributed by atoms with Crippen LogP contribution >= 0.6 is 0 Å². The fourth-order valence-corrected chi connectivity index (χ4v) is 3.56. The van der Waals surface area contributed by atoms with Crippen molar-refractivity contribution in [1.82, 2.24) is 15.4 Å². The standard InChI is InChI=1S/C19H24FN3O2/c1-12-9-13(20)10-14-15(12)25-22-16(14)18(2,3)17(24)21-19(5-6-19)11-23-7-4-8-23/h9-10H,4-8,11H2,1-3H3,(H,21,24). The zero-order valence-electron chi connectivity index (χ0n) is 15.0. The van der Waals surface area contributed by atoms with Crippen molar-refractivity contribution < 1.29 is 13.7 Å². The number of aromatic nitrogens is 1. The van der Waals surface area contributed by atoms with Crippen LogP contribution in [-0.2, 0) is 10.2 Å². The second-order valence-corrected chi connectivity index (χ2v) is 8.12. The van der Waals surface area contributed by atoms with Gasteiger partial charge in [0.15, 0.2) is 5.58 Å². The lowest BCUT2D eigenvalue weighted by Gasteiger charge is -2.35. The molecule has 0 unspecified atom stereocenters. The summed E-state index contributed by atoms with van der Waals surface area (Å²) in [5.41, 5.74) is 0.716. The van der Waals surface area contributed by atoms with E-state index < -0.39 is 5.41 Å². The van der Waals surface area contributed by atoms with E-state index in [1.54, 1.807) is 6.92 Å². The van der Waals surface area contributed by atoms with Crippen molar-refractivity contribution in [3.05, 3.63) is 29.2 Å². The highest BCUT2D eigenvalue weighted by molar-refractivity contribution is 5.94. The second-order valence-electron chi connectivity index (χ2n) is 8.12. The van der Waals surface area contributed by atoms with E-state index in [1.807, 2.05) is 13.8 Å². The summed E-state index contributed by atoms with van der Waals surface area (Å²) in [5, 5.41) is 7.92. The molecule has 0 bridgehead atoms. The Kier molecular flexibility index (Phi) is 3.65. The van der Waals surface area contributed by atoms with Crippen LogP contribution in [0.1, 0.15) is 44.4 Å². The number of carbonyl (C=O) groups excluding carboxylic acids is 1. The molecule has 2 fully saturated rings. The third-order valence-corrected chi connectivity index (χ3v) is 5.59. The zero-order chi connectivity index (χ0) is 17.8. The topological polar surface area (TPSA) is 58.4 Å². The third-order valence-electron chi connectivity index (χ3n) is 5.59. The van der Waals surface area contributed by atoms with Crippen LogP contribution in [0.3, 0.4) is 0 Å². The van der Waals surface area contributed by atoms with Gasteiger partial charge in [0, 0.05) is 11.9 Å². The first-order valence-electron chi connectivity index (χ1n) is 8.92. The molecule has 0 spiro atoms. The number of benzene rings is 1. The zero-order valence-corrected chi connectivity index (χ0v) is 15.0. The van der Waals surface area contributed by atoms with Gasteiger partial charge >= 0.3 is 0 Å². The van der Waals surface area contributed by atoms with Crippen LogP contribution in [0.25, 0.3) is 11.0 Å². The first kappa shape index (κ1) is 16.5. The molecule has 1 amide bonds. The van der Waals surface area contributed by atoms with E-state index >= 15 is 0 Å². The van der Waals surface area contributed by atoms with Gasteiger partial charge in [-0.1, -0.05) is 5.16 Å². The van der Waals surface area contributed by atoms with Gasteiger partial charge in [-0.25, -0.2) is 4.39 Å². The molecule has 134 valence electrons. The summed E-state index contributed by atoms with van der Waals surface area (Å²) in [4.78, 5) is 15.4. The maximum Gasteiger partial charge on any atom is 0.232 e. The van der Waals surface area contributed by atoms with Crippen molar-refractivity contribution in [1.29, 1.82) is 0 Å². The highest BCUT2D eigenvalue weighted by atomic mass is 19.1. The first-order chi connectivity index (χ1) is 11.8. The van der Waals surface area contributed by atoms with Gasteiger partial charge in [0.1, 0.15) is 11.5 Å². The number of nitrogens with zero attached hydrogens (tertiary/aromatic N) is 2. The minimum Gasteiger partial charge on any atom is -0.356 e. The Hall–Kier alpha value is -1.95. The largest absolute Gasteiger partial charge is 0.356 e. The molecule has 5 nitrogen and oxygen atoms in total. The van der Waals surface area contributed by atoms with E-state index in [1.165, 1.54) is 18.6 Å². The van der Waals surface area contributed by atoms with Gasteiger partial charge in [0.2, 0.25) is 5.91 Å². The smallest absolute Gasteiger partial charge is 0.232 e. The van der Waals surface area contributed by atoms with Crippen LogP contribution in [0, 0.1) is 12.7 Å². The summed E-state index contributed by atoms with van der Waals surface area (Å²) in [7, 11) is 0. The fourth-order valence-electron chi connectivity index (χ4n) is 3.56. The molecule has 2 heterocycles. The normalized spacial score (nSPS) is 19.7. The number of likely N-dealkylation sites (tertiary alicyclic amines) is 1. The van der Waals surface area contributed by atoms with Crippen molar-refractivity contribution in [3.63, 3.8) is 0 Å². The van der Waals surface area contributed by atoms with E-state index in [4.69, 9.17) is 4.52 Å². The van der Waals surface area contributed by atoms with Crippen molar-refractivity contribution in [2.75, 3.05) is 19.6 Å². The summed E-state index contributed by atoms with van der Waals surface area (Å²) in [6, 6.07) is 2.81. The summed E-state index contributed by atoms with van der Waals surface area (Å²) >= 11 is 0. The van der Waals surface area contributed by atoms with Crippen molar-refractivity contribution in [3.8, 4) is 0 Å². The third kappa shape index (κ3) is 2.82. The minimum atomic E-state index is -0.893. The number of halogens is 1. The monoisotopic (exact) mass is 345 g/mol. The molecule has 6 heteroatoms. The number of nitrogens with one attached hydrogen (secondary N) is 1. The van der Waals surface area contributed by atoms with Gasteiger partial charge in [-0.05, 0) is 70.8 Å². The lowest BCUT2D eigenvalue weighted by Crippen LogP contribution is -2.53. The first-order valence-corrected chi connectivity index (χ1v) is 8.92. The number of hydrogen-bond acceptors (Lipinski definition) is 4. The number of aryl methyl sites for hydroxylation is 1. The highest BCUT2D eigenvalue weighted by Gasteiger charge is 2.48. The molecular weight excluding hydrogens is 321 g/mol.